The number of hydrogen-bond acceptors (Lipinski definition) is 0. The average molecular weight is 481 g/mol. The third kappa shape index (κ3) is 38.5. The molecule has 0 aromatic rings. The van der Waals surface area contributed by atoms with Crippen LogP contribution in [0.15, 0.2) is 0 Å². The molecule has 168 valence electrons. The first-order valence-corrected chi connectivity index (χ1v) is 24.1. The molecule has 0 unspecified atom stereocenters. The predicted octanol–water partition coefficient (Wildman–Crippen LogP) is 3.29. The van der Waals surface area contributed by atoms with E-state index in [0.717, 1.165) is 0 Å². The average Bonchev–Trinajstić information content (AvgIpc) is 2.69. The standard InChI is InChI=1S/C10H28Si3.C7H20Si2.C4H12Si/c1-3-8-12-10(6-5-7-11)13-9-4-2;1-2-6-9-7-4-3-5-8;1-3-4-5-2/h10H,3-9,12-13H2,1-2,11H3;2-7,9H2,1,8H3;3-5H2,1-2H3. The van der Waals surface area contributed by atoms with Crippen LogP contribution in [-0.4, -0.2) is 58.6 Å². The Morgan fingerprint density at radius 1 is 0.630 bits per heavy atom. The summed E-state index contributed by atoms with van der Waals surface area (Å²) in [5.41, 5.74) is 0. The second-order valence-electron chi connectivity index (χ2n) is 8.41. The number of rotatable bonds is 17. The molecule has 0 amide bonds. The molecule has 6 heteroatoms. The van der Waals surface area contributed by atoms with Crippen LogP contribution in [0, 0.1) is 0 Å². The zero-order valence-electron chi connectivity index (χ0n) is 21.0. The van der Waals surface area contributed by atoms with Crippen molar-refractivity contribution in [2.75, 3.05) is 0 Å². The quantitative estimate of drug-likeness (QED) is 0.221. The fourth-order valence-corrected chi connectivity index (χ4v) is 12.5. The van der Waals surface area contributed by atoms with Gasteiger partial charge in [0.05, 0.1) is 0 Å². The Hall–Kier alpha value is 1.30. The summed E-state index contributed by atoms with van der Waals surface area (Å²) in [5.74, 6) is 0. The van der Waals surface area contributed by atoms with Gasteiger partial charge in [-0.05, 0) is 0 Å². The predicted molar refractivity (Wildman–Crippen MR) is 157 cm³/mol. The summed E-state index contributed by atoms with van der Waals surface area (Å²) >= 11 is 0. The highest BCUT2D eigenvalue weighted by atomic mass is 28.3. The largest absolute Gasteiger partial charge is 0.0748 e. The van der Waals surface area contributed by atoms with Crippen molar-refractivity contribution in [1.82, 2.24) is 0 Å². The molecule has 0 radical (unpaired) electrons. The summed E-state index contributed by atoms with van der Waals surface area (Å²) in [6, 6.07) is 11.1. The van der Waals surface area contributed by atoms with Gasteiger partial charge in [0, 0.05) is 58.6 Å². The molecular weight excluding hydrogens is 421 g/mol. The van der Waals surface area contributed by atoms with Gasteiger partial charge in [-0.2, -0.15) is 0 Å². The molecule has 0 aliphatic heterocycles. The Morgan fingerprint density at radius 3 is 1.52 bits per heavy atom. The van der Waals surface area contributed by atoms with E-state index in [2.05, 4.69) is 34.2 Å². The van der Waals surface area contributed by atoms with Crippen LogP contribution in [0.25, 0.3) is 0 Å². The molecule has 0 N–H and O–H groups in total. The third-order valence-electron chi connectivity index (χ3n) is 5.31. The maximum atomic E-state index is 2.36. The highest BCUT2D eigenvalue weighted by molar-refractivity contribution is 6.58. The highest BCUT2D eigenvalue weighted by Crippen LogP contribution is 2.16. The van der Waals surface area contributed by atoms with Gasteiger partial charge in [-0.15, -0.1) is 0 Å². The first-order valence-electron chi connectivity index (χ1n) is 13.2. The van der Waals surface area contributed by atoms with E-state index in [4.69, 9.17) is 0 Å². The normalized spacial score (nSPS) is 13.2. The second kappa shape index (κ2) is 34.8. The lowest BCUT2D eigenvalue weighted by molar-refractivity contribution is 0.829. The van der Waals surface area contributed by atoms with Crippen molar-refractivity contribution in [3.63, 3.8) is 0 Å². The summed E-state index contributed by atoms with van der Waals surface area (Å²) in [4.78, 5) is 0. The van der Waals surface area contributed by atoms with E-state index in [1.54, 1.807) is 49.5 Å². The molecule has 0 aromatic heterocycles. The summed E-state index contributed by atoms with van der Waals surface area (Å²) in [6.45, 7) is 11.6. The number of unbranched alkanes of at least 4 members (excludes halogenated alkanes) is 1. The molecule has 0 atom stereocenters. The van der Waals surface area contributed by atoms with Gasteiger partial charge in [0.2, 0.25) is 0 Å². The Kier molecular flexibility index (Phi) is 42.5. The van der Waals surface area contributed by atoms with Gasteiger partial charge in [0.1, 0.15) is 0 Å². The van der Waals surface area contributed by atoms with Crippen LogP contribution in [0.2, 0.25) is 54.0 Å². The zero-order valence-corrected chi connectivity index (χ0v) is 30.7. The molecule has 0 aliphatic carbocycles. The summed E-state index contributed by atoms with van der Waals surface area (Å²) in [6.07, 6.45) is 12.1. The van der Waals surface area contributed by atoms with E-state index in [-0.39, 0.29) is 0 Å². The van der Waals surface area contributed by atoms with Gasteiger partial charge in [-0.25, -0.2) is 0 Å². The topological polar surface area (TPSA) is 0 Å². The molecule has 0 saturated carbocycles. The van der Waals surface area contributed by atoms with E-state index in [0.29, 0.717) is 38.1 Å². The van der Waals surface area contributed by atoms with E-state index in [1.165, 1.54) is 69.8 Å². The van der Waals surface area contributed by atoms with Gasteiger partial charge in [0.15, 0.2) is 0 Å². The van der Waals surface area contributed by atoms with Crippen LogP contribution < -0.4 is 0 Å². The maximum absolute atomic E-state index is 2.36. The van der Waals surface area contributed by atoms with Gasteiger partial charge in [0.25, 0.3) is 0 Å². The lowest BCUT2D eigenvalue weighted by Crippen LogP contribution is -2.11. The van der Waals surface area contributed by atoms with Crippen molar-refractivity contribution >= 4 is 58.6 Å². The zero-order chi connectivity index (χ0) is 21.0. The van der Waals surface area contributed by atoms with Crippen LogP contribution >= 0.6 is 0 Å². The Balaban J connectivity index is -0.000000356. The number of hydrogen-bond donors (Lipinski definition) is 0. The lowest BCUT2D eigenvalue weighted by Gasteiger charge is -2.14. The smallest absolute Gasteiger partial charge is 0.0197 e. The first-order chi connectivity index (χ1) is 13.2. The molecule has 0 aliphatic rings. The molecule has 0 fully saturated rings. The Labute approximate surface area is 191 Å². The van der Waals surface area contributed by atoms with Crippen LogP contribution in [0.5, 0.6) is 0 Å². The second-order valence-corrected chi connectivity index (χ2v) is 20.3. The minimum absolute atomic E-state index is 0.362. The van der Waals surface area contributed by atoms with E-state index >= 15 is 0 Å². The highest BCUT2D eigenvalue weighted by Gasteiger charge is 2.07. The van der Waals surface area contributed by atoms with Gasteiger partial charge < -0.3 is 0 Å². The minimum Gasteiger partial charge on any atom is -0.0748 e. The van der Waals surface area contributed by atoms with Crippen molar-refractivity contribution in [3.05, 3.63) is 0 Å². The fraction of sp³-hybridized carbons (Fsp3) is 1.00. The van der Waals surface area contributed by atoms with Crippen molar-refractivity contribution in [1.29, 1.82) is 0 Å². The summed E-state index contributed by atoms with van der Waals surface area (Å²) in [5, 5.41) is 1.34. The Bertz CT molecular complexity index is 190. The van der Waals surface area contributed by atoms with Crippen LogP contribution in [-0.2, 0) is 0 Å². The van der Waals surface area contributed by atoms with E-state index < -0.39 is 0 Å². The fourth-order valence-electron chi connectivity index (χ4n) is 3.30. The van der Waals surface area contributed by atoms with Crippen molar-refractivity contribution in [2.24, 2.45) is 0 Å². The molecule has 0 aromatic carbocycles. The summed E-state index contributed by atoms with van der Waals surface area (Å²) in [7, 11) is 4.40. The molecule has 0 bridgehead atoms. The van der Waals surface area contributed by atoms with Crippen molar-refractivity contribution in [2.45, 2.75) is 133 Å². The molecule has 0 saturated heterocycles. The molecule has 0 spiro atoms. The first kappa shape index (κ1) is 33.0. The minimum atomic E-state index is 0.362. The van der Waals surface area contributed by atoms with Crippen LogP contribution in [0.3, 0.4) is 0 Å². The molecule has 27 heavy (non-hydrogen) atoms. The molecule has 0 rings (SSSR count). The monoisotopic (exact) mass is 480 g/mol. The Morgan fingerprint density at radius 2 is 1.15 bits per heavy atom. The maximum Gasteiger partial charge on any atom is 0.0197 e. The lowest BCUT2D eigenvalue weighted by atomic mass is 10.4. The van der Waals surface area contributed by atoms with Gasteiger partial charge in [-0.1, -0.05) is 133 Å². The van der Waals surface area contributed by atoms with E-state index in [9.17, 15) is 0 Å². The SMILES string of the molecule is CCC[SiH2]C.CCC[SiH2]C(CCC[SiH3])[SiH2]CCC.CCC[SiH2]CCCC[SiH3]. The molecule has 0 nitrogen and oxygen atoms in total. The molecule has 0 heterocycles. The summed E-state index contributed by atoms with van der Waals surface area (Å²) < 4.78 is 0. The van der Waals surface area contributed by atoms with Crippen LogP contribution in [0.1, 0.15) is 79.1 Å². The van der Waals surface area contributed by atoms with Crippen LogP contribution in [0.4, 0.5) is 0 Å². The van der Waals surface area contributed by atoms with Crippen molar-refractivity contribution in [3.8, 4) is 0 Å². The van der Waals surface area contributed by atoms with Gasteiger partial charge >= 0.3 is 0 Å². The third-order valence-corrected chi connectivity index (χ3v) is 17.5. The van der Waals surface area contributed by atoms with E-state index in [1.807, 2.05) is 0 Å². The molecular formula is C21H60Si6. The van der Waals surface area contributed by atoms with Crippen molar-refractivity contribution < 1.29 is 0 Å². The van der Waals surface area contributed by atoms with Gasteiger partial charge in [-0.3, -0.25) is 0 Å².